The molecule has 0 aliphatic rings. The number of hydrogen-bond donors (Lipinski definition) is 0. The van der Waals surface area contributed by atoms with E-state index in [1.165, 1.54) is 13.0 Å². The summed E-state index contributed by atoms with van der Waals surface area (Å²) in [6.07, 6.45) is 4.76. The van der Waals surface area contributed by atoms with E-state index in [4.69, 9.17) is 4.74 Å². The summed E-state index contributed by atoms with van der Waals surface area (Å²) in [6, 6.07) is 0. The Kier molecular flexibility index (Phi) is 4.82. The zero-order valence-corrected chi connectivity index (χ0v) is 6.67. The van der Waals surface area contributed by atoms with Gasteiger partial charge in [0.25, 0.3) is 0 Å². The lowest BCUT2D eigenvalue weighted by atomic mass is 10.4. The summed E-state index contributed by atoms with van der Waals surface area (Å²) in [5.41, 5.74) is 0. The summed E-state index contributed by atoms with van der Waals surface area (Å²) >= 11 is 0. The van der Waals surface area contributed by atoms with E-state index >= 15 is 0 Å². The van der Waals surface area contributed by atoms with Crippen LogP contribution in [0.25, 0.3) is 0 Å². The van der Waals surface area contributed by atoms with E-state index in [-0.39, 0.29) is 12.4 Å². The van der Waals surface area contributed by atoms with Crippen LogP contribution in [0.15, 0.2) is 37.1 Å². The third-order valence-electron chi connectivity index (χ3n) is 0.925. The Labute approximate surface area is 66.9 Å². The minimum atomic E-state index is -0.0122. The van der Waals surface area contributed by atoms with Gasteiger partial charge in [0.1, 0.15) is 12.4 Å². The lowest BCUT2D eigenvalue weighted by Gasteiger charge is -2.01. The van der Waals surface area contributed by atoms with Gasteiger partial charge < -0.3 is 4.74 Å². The van der Waals surface area contributed by atoms with Gasteiger partial charge in [-0.1, -0.05) is 19.2 Å². The second kappa shape index (κ2) is 5.47. The highest BCUT2D eigenvalue weighted by Gasteiger charge is 1.93. The summed E-state index contributed by atoms with van der Waals surface area (Å²) in [5.74, 6) is 0.553. The molecule has 0 aromatic rings. The average Bonchev–Trinajstić information content (AvgIpc) is 1.97. The molecule has 0 amide bonds. The third kappa shape index (κ3) is 5.15. The summed E-state index contributed by atoms with van der Waals surface area (Å²) in [4.78, 5) is 10.5. The highest BCUT2D eigenvalue weighted by Crippen LogP contribution is 1.97. The van der Waals surface area contributed by atoms with E-state index in [9.17, 15) is 4.79 Å². The number of carbonyl (C=O) groups excluding carboxylic acids is 1. The molecule has 0 N–H and O–H groups in total. The van der Waals surface area contributed by atoms with Crippen molar-refractivity contribution < 1.29 is 9.53 Å². The number of rotatable bonds is 5. The molecule has 0 atom stereocenters. The molecule has 0 bridgehead atoms. The zero-order valence-electron chi connectivity index (χ0n) is 6.67. The topological polar surface area (TPSA) is 26.3 Å². The monoisotopic (exact) mass is 152 g/mol. The molecule has 11 heavy (non-hydrogen) atoms. The number of Topliss-reactive ketones (excluding diaryl/α,β-unsaturated/α-hetero) is 1. The molecule has 0 aromatic heterocycles. The molecule has 0 heterocycles. The molecule has 2 heteroatoms. The van der Waals surface area contributed by atoms with E-state index in [2.05, 4.69) is 13.2 Å². The molecular weight excluding hydrogens is 140 g/mol. The lowest BCUT2D eigenvalue weighted by Crippen LogP contribution is -2.02. The van der Waals surface area contributed by atoms with Gasteiger partial charge in [0.15, 0.2) is 5.78 Å². The fourth-order valence-corrected chi connectivity index (χ4v) is 0.476. The third-order valence-corrected chi connectivity index (χ3v) is 0.925. The first-order valence-electron chi connectivity index (χ1n) is 3.28. The SMILES string of the molecule is C=C/C=C(\C=C)OCC(C)=O. The van der Waals surface area contributed by atoms with Crippen LogP contribution in [0.5, 0.6) is 0 Å². The van der Waals surface area contributed by atoms with Crippen LogP contribution in [-0.2, 0) is 9.53 Å². The molecule has 0 rings (SSSR count). The lowest BCUT2D eigenvalue weighted by molar-refractivity contribution is -0.120. The van der Waals surface area contributed by atoms with Gasteiger partial charge in [-0.15, -0.1) is 0 Å². The van der Waals surface area contributed by atoms with Gasteiger partial charge in [-0.3, -0.25) is 4.79 Å². The maximum Gasteiger partial charge on any atom is 0.167 e. The highest BCUT2D eigenvalue weighted by atomic mass is 16.5. The van der Waals surface area contributed by atoms with Crippen LogP contribution in [0.4, 0.5) is 0 Å². The highest BCUT2D eigenvalue weighted by molar-refractivity contribution is 5.76. The second-order valence-electron chi connectivity index (χ2n) is 2.00. The summed E-state index contributed by atoms with van der Waals surface area (Å²) in [5, 5.41) is 0. The van der Waals surface area contributed by atoms with Crippen molar-refractivity contribution in [1.29, 1.82) is 0 Å². The Morgan fingerprint density at radius 3 is 2.55 bits per heavy atom. The van der Waals surface area contributed by atoms with Gasteiger partial charge in [0, 0.05) is 0 Å². The quantitative estimate of drug-likeness (QED) is 0.444. The maximum atomic E-state index is 10.5. The number of allylic oxidation sites excluding steroid dienone is 3. The van der Waals surface area contributed by atoms with E-state index in [0.717, 1.165) is 0 Å². The second-order valence-corrected chi connectivity index (χ2v) is 2.00. The Hall–Kier alpha value is -1.31. The Bertz CT molecular complexity index is 190. The average molecular weight is 152 g/mol. The number of hydrogen-bond acceptors (Lipinski definition) is 2. The number of ether oxygens (including phenoxy) is 1. The van der Waals surface area contributed by atoms with Crippen LogP contribution in [-0.4, -0.2) is 12.4 Å². The Morgan fingerprint density at radius 1 is 1.55 bits per heavy atom. The molecule has 0 aromatic carbocycles. The molecule has 0 aliphatic carbocycles. The fourth-order valence-electron chi connectivity index (χ4n) is 0.476. The van der Waals surface area contributed by atoms with Crippen molar-refractivity contribution in [2.75, 3.05) is 6.61 Å². The van der Waals surface area contributed by atoms with E-state index in [1.54, 1.807) is 12.2 Å². The maximum absolute atomic E-state index is 10.5. The first kappa shape index (κ1) is 9.69. The zero-order chi connectivity index (χ0) is 8.69. The Balaban J connectivity index is 3.88. The smallest absolute Gasteiger partial charge is 0.167 e. The van der Waals surface area contributed by atoms with Crippen molar-refractivity contribution in [2.24, 2.45) is 0 Å². The van der Waals surface area contributed by atoms with Gasteiger partial charge in [0.05, 0.1) is 0 Å². The largest absolute Gasteiger partial charge is 0.486 e. The van der Waals surface area contributed by atoms with E-state index < -0.39 is 0 Å². The minimum Gasteiger partial charge on any atom is -0.486 e. The minimum absolute atomic E-state index is 0.0122. The van der Waals surface area contributed by atoms with E-state index in [0.29, 0.717) is 5.76 Å². The molecule has 2 nitrogen and oxygen atoms in total. The normalized spacial score (nSPS) is 10.5. The molecule has 0 radical (unpaired) electrons. The fraction of sp³-hybridized carbons (Fsp3) is 0.222. The van der Waals surface area contributed by atoms with Crippen LogP contribution < -0.4 is 0 Å². The van der Waals surface area contributed by atoms with Crippen molar-refractivity contribution in [3.63, 3.8) is 0 Å². The van der Waals surface area contributed by atoms with Crippen LogP contribution in [0.3, 0.4) is 0 Å². The van der Waals surface area contributed by atoms with Crippen molar-refractivity contribution in [3.8, 4) is 0 Å². The molecule has 60 valence electrons. The first-order valence-corrected chi connectivity index (χ1v) is 3.28. The number of ketones is 1. The van der Waals surface area contributed by atoms with Crippen molar-refractivity contribution in [1.82, 2.24) is 0 Å². The van der Waals surface area contributed by atoms with Gasteiger partial charge in [0.2, 0.25) is 0 Å². The molecule has 0 spiro atoms. The van der Waals surface area contributed by atoms with Gasteiger partial charge in [-0.2, -0.15) is 0 Å². The van der Waals surface area contributed by atoms with Gasteiger partial charge >= 0.3 is 0 Å². The summed E-state index contributed by atoms with van der Waals surface area (Å²) in [7, 11) is 0. The van der Waals surface area contributed by atoms with Crippen LogP contribution >= 0.6 is 0 Å². The van der Waals surface area contributed by atoms with Gasteiger partial charge in [-0.05, 0) is 19.1 Å². The summed E-state index contributed by atoms with van der Waals surface area (Å²) < 4.78 is 5.02. The molecular formula is C9H12O2. The molecule has 0 saturated heterocycles. The number of carbonyl (C=O) groups is 1. The van der Waals surface area contributed by atoms with Crippen LogP contribution in [0, 0.1) is 0 Å². The van der Waals surface area contributed by atoms with Crippen LogP contribution in [0.2, 0.25) is 0 Å². The molecule has 0 unspecified atom stereocenters. The summed E-state index contributed by atoms with van der Waals surface area (Å²) in [6.45, 7) is 8.55. The van der Waals surface area contributed by atoms with Gasteiger partial charge in [-0.25, -0.2) is 0 Å². The predicted molar refractivity (Wildman–Crippen MR) is 45.1 cm³/mol. The van der Waals surface area contributed by atoms with E-state index in [1.807, 2.05) is 0 Å². The van der Waals surface area contributed by atoms with Crippen molar-refractivity contribution >= 4 is 5.78 Å². The predicted octanol–water partition coefficient (Wildman–Crippen LogP) is 1.85. The first-order chi connectivity index (χ1) is 5.20. The Morgan fingerprint density at radius 2 is 2.18 bits per heavy atom. The molecule has 0 aliphatic heterocycles. The molecule has 0 fully saturated rings. The van der Waals surface area contributed by atoms with Crippen molar-refractivity contribution in [2.45, 2.75) is 6.92 Å². The van der Waals surface area contributed by atoms with Crippen molar-refractivity contribution in [3.05, 3.63) is 37.1 Å². The van der Waals surface area contributed by atoms with Crippen LogP contribution in [0.1, 0.15) is 6.92 Å². The molecule has 0 saturated carbocycles. The standard InChI is InChI=1S/C9H12O2/c1-4-6-9(5-2)11-7-8(3)10/h4-6H,1-2,7H2,3H3/b9-6+.